The Morgan fingerprint density at radius 3 is 2.64 bits per heavy atom. The van der Waals surface area contributed by atoms with Crippen LogP contribution in [0.3, 0.4) is 0 Å². The summed E-state index contributed by atoms with van der Waals surface area (Å²) >= 11 is 2.68. The molecule has 1 aliphatic carbocycles. The minimum Gasteiger partial charge on any atom is -0.457 e. The topological polar surface area (TPSA) is 80.6 Å². The van der Waals surface area contributed by atoms with Crippen molar-refractivity contribution in [3.63, 3.8) is 0 Å². The van der Waals surface area contributed by atoms with Crippen molar-refractivity contribution in [2.45, 2.75) is 77.5 Å². The largest absolute Gasteiger partial charge is 0.457 e. The molecule has 1 saturated carbocycles. The molecule has 0 unspecified atom stereocenters. The zero-order chi connectivity index (χ0) is 25.7. The number of carbonyl (C=O) groups excluding carboxylic acids is 1. The summed E-state index contributed by atoms with van der Waals surface area (Å²) in [6.45, 7) is 5.65. The molecule has 0 saturated heterocycles. The van der Waals surface area contributed by atoms with Gasteiger partial charge in [0.25, 0.3) is 11.1 Å². The fraction of sp³-hybridized carbons (Fsp3) is 0.708. The van der Waals surface area contributed by atoms with Crippen LogP contribution >= 0.6 is 22.7 Å². The molecule has 0 aromatic carbocycles. The number of hydrogen-bond donors (Lipinski definition) is 0. The molecule has 1 aliphatic heterocycles. The van der Waals surface area contributed by atoms with Crippen molar-refractivity contribution < 1.29 is 22.7 Å². The number of fused-ring (bicyclic) bond motifs is 1. The Morgan fingerprint density at radius 1 is 1.19 bits per heavy atom. The van der Waals surface area contributed by atoms with Crippen LogP contribution in [0.5, 0.6) is 5.19 Å². The van der Waals surface area contributed by atoms with Gasteiger partial charge in [-0.3, -0.25) is 4.79 Å². The van der Waals surface area contributed by atoms with Crippen molar-refractivity contribution in [1.29, 1.82) is 0 Å². The van der Waals surface area contributed by atoms with Gasteiger partial charge in [0.15, 0.2) is 6.10 Å². The highest BCUT2D eigenvalue weighted by atomic mass is 32.1. The average molecular weight is 544 g/mol. The molecule has 1 fully saturated rings. The van der Waals surface area contributed by atoms with Crippen molar-refractivity contribution in [1.82, 2.24) is 20.1 Å². The predicted molar refractivity (Wildman–Crippen MR) is 134 cm³/mol. The molecule has 2 aromatic heterocycles. The van der Waals surface area contributed by atoms with Crippen molar-refractivity contribution in [3.8, 4) is 5.19 Å². The maximum atomic E-state index is 12.8. The van der Waals surface area contributed by atoms with Crippen molar-refractivity contribution in [2.75, 3.05) is 19.6 Å². The second kappa shape index (κ2) is 12.1. The monoisotopic (exact) mass is 543 g/mol. The number of ether oxygens (including phenoxy) is 1. The second-order valence-corrected chi connectivity index (χ2v) is 11.9. The molecule has 3 heterocycles. The van der Waals surface area contributed by atoms with E-state index in [1.54, 1.807) is 0 Å². The average Bonchev–Trinajstić information content (AvgIpc) is 3.36. The molecule has 4 rings (SSSR count). The molecule has 1 amide bonds. The molecule has 0 spiro atoms. The maximum Gasteiger partial charge on any atom is 0.425 e. The van der Waals surface area contributed by atoms with Crippen molar-refractivity contribution >= 4 is 34.8 Å². The molecule has 2 aliphatic rings. The standard InChI is InChI=1S/C24H32F3N5O2S2/c1-15(24(25,26)27)34-23-29-19-8-11-32(12-9-20(19)36-23)10-7-17-3-5-18(6-4-17)14-28-21(33)13-22-31-30-16(2)35-22/h14-15,17-18H,3-13H2,1-2H3/b28-14+/t15-,17?,18?/m1/s1. The number of hydrogen-bond acceptors (Lipinski definition) is 8. The fourth-order valence-corrected chi connectivity index (χ4v) is 6.36. The smallest absolute Gasteiger partial charge is 0.425 e. The van der Waals surface area contributed by atoms with Crippen molar-refractivity contribution in [3.05, 3.63) is 20.6 Å². The second-order valence-electron chi connectivity index (χ2n) is 9.63. The van der Waals surface area contributed by atoms with Crippen LogP contribution in [0.1, 0.15) is 59.6 Å². The highest BCUT2D eigenvalue weighted by Crippen LogP contribution is 2.33. The van der Waals surface area contributed by atoms with Gasteiger partial charge in [0.2, 0.25) is 0 Å². The van der Waals surface area contributed by atoms with Crippen LogP contribution < -0.4 is 4.74 Å². The minimum absolute atomic E-state index is 0.121. The highest BCUT2D eigenvalue weighted by Gasteiger charge is 2.39. The summed E-state index contributed by atoms with van der Waals surface area (Å²) in [6, 6.07) is 0. The Morgan fingerprint density at radius 2 is 1.94 bits per heavy atom. The van der Waals surface area contributed by atoms with Crippen LogP contribution in [0.25, 0.3) is 0 Å². The number of nitrogens with zero attached hydrogens (tertiary/aromatic N) is 5. The SMILES string of the molecule is Cc1nnc(CC(=O)/N=C/C2CCC(CCN3CCc4nc(O[C@H](C)C(F)(F)F)sc4CC3)CC2)s1. The molecule has 12 heteroatoms. The summed E-state index contributed by atoms with van der Waals surface area (Å²) in [5.41, 5.74) is 0.877. The van der Waals surface area contributed by atoms with Crippen LogP contribution in [-0.2, 0) is 24.1 Å². The van der Waals surface area contributed by atoms with Gasteiger partial charge in [0.1, 0.15) is 10.0 Å². The third-order valence-electron chi connectivity index (χ3n) is 6.86. The van der Waals surface area contributed by atoms with Crippen LogP contribution in [0, 0.1) is 18.8 Å². The summed E-state index contributed by atoms with van der Waals surface area (Å²) in [7, 11) is 0. The Hall–Kier alpha value is -1.92. The molecule has 1 atom stereocenters. The number of aromatic nitrogens is 3. The van der Waals surface area contributed by atoms with E-state index in [0.717, 1.165) is 87.1 Å². The van der Waals surface area contributed by atoms with E-state index in [1.807, 2.05) is 13.1 Å². The van der Waals surface area contributed by atoms with Gasteiger partial charge in [-0.1, -0.05) is 11.3 Å². The van der Waals surface area contributed by atoms with Gasteiger partial charge >= 0.3 is 6.18 Å². The van der Waals surface area contributed by atoms with Gasteiger partial charge < -0.3 is 9.64 Å². The molecule has 198 valence electrons. The molecule has 0 bridgehead atoms. The minimum atomic E-state index is -4.39. The number of thiazole rings is 1. The van der Waals surface area contributed by atoms with E-state index in [0.29, 0.717) is 16.8 Å². The normalized spacial score (nSPS) is 22.4. The third kappa shape index (κ3) is 7.79. The number of amides is 1. The lowest BCUT2D eigenvalue weighted by molar-refractivity contribution is -0.189. The Bertz CT molecular complexity index is 1020. The summed E-state index contributed by atoms with van der Waals surface area (Å²) in [6.07, 6.45) is 2.88. The van der Waals surface area contributed by atoms with Gasteiger partial charge in [0, 0.05) is 30.6 Å². The number of halogens is 3. The van der Waals surface area contributed by atoms with Gasteiger partial charge in [-0.05, 0) is 70.8 Å². The number of rotatable bonds is 8. The van der Waals surface area contributed by atoms with Gasteiger partial charge in [-0.15, -0.1) is 21.5 Å². The zero-order valence-electron chi connectivity index (χ0n) is 20.6. The maximum absolute atomic E-state index is 12.8. The zero-order valence-corrected chi connectivity index (χ0v) is 22.2. The van der Waals surface area contributed by atoms with Crippen LogP contribution in [0.4, 0.5) is 13.2 Å². The highest BCUT2D eigenvalue weighted by molar-refractivity contribution is 7.13. The number of alkyl halides is 3. The van der Waals surface area contributed by atoms with Crippen LogP contribution in [0.2, 0.25) is 0 Å². The Balaban J connectivity index is 1.14. The van der Waals surface area contributed by atoms with Crippen LogP contribution in [0.15, 0.2) is 4.99 Å². The van der Waals surface area contributed by atoms with E-state index in [1.165, 1.54) is 22.7 Å². The first-order chi connectivity index (χ1) is 17.2. The molecular weight excluding hydrogens is 511 g/mol. The third-order valence-corrected chi connectivity index (χ3v) is 8.75. The van der Waals surface area contributed by atoms with Crippen molar-refractivity contribution in [2.24, 2.45) is 16.8 Å². The predicted octanol–water partition coefficient (Wildman–Crippen LogP) is 5.07. The van der Waals surface area contributed by atoms with E-state index in [4.69, 9.17) is 4.74 Å². The molecule has 0 N–H and O–H groups in total. The van der Waals surface area contributed by atoms with E-state index in [-0.39, 0.29) is 17.5 Å². The fourth-order valence-electron chi connectivity index (χ4n) is 4.64. The van der Waals surface area contributed by atoms with Gasteiger partial charge in [-0.25, -0.2) is 9.98 Å². The summed E-state index contributed by atoms with van der Waals surface area (Å²) in [5.74, 6) is 0.873. The molecule has 7 nitrogen and oxygen atoms in total. The first-order valence-electron chi connectivity index (χ1n) is 12.5. The summed E-state index contributed by atoms with van der Waals surface area (Å²) in [4.78, 5) is 24.1. The Kier molecular flexibility index (Phi) is 9.10. The lowest BCUT2D eigenvalue weighted by Gasteiger charge is -2.28. The van der Waals surface area contributed by atoms with Gasteiger partial charge in [-0.2, -0.15) is 13.2 Å². The quantitative estimate of drug-likeness (QED) is 0.433. The van der Waals surface area contributed by atoms with E-state index < -0.39 is 12.3 Å². The van der Waals surface area contributed by atoms with E-state index >= 15 is 0 Å². The molecular formula is C24H32F3N5O2S2. The van der Waals surface area contributed by atoms with E-state index in [9.17, 15) is 18.0 Å². The lowest BCUT2D eigenvalue weighted by atomic mass is 9.81. The van der Waals surface area contributed by atoms with E-state index in [2.05, 4.69) is 25.1 Å². The Labute approximate surface area is 217 Å². The van der Waals surface area contributed by atoms with Crippen LogP contribution in [-0.4, -0.2) is 64.1 Å². The molecule has 36 heavy (non-hydrogen) atoms. The first-order valence-corrected chi connectivity index (χ1v) is 14.1. The summed E-state index contributed by atoms with van der Waals surface area (Å²) < 4.78 is 43.3. The molecule has 0 radical (unpaired) electrons. The molecule has 2 aromatic rings. The summed E-state index contributed by atoms with van der Waals surface area (Å²) in [5, 5.41) is 9.60. The van der Waals surface area contributed by atoms with Gasteiger partial charge in [0.05, 0.1) is 12.1 Å². The lowest BCUT2D eigenvalue weighted by Crippen LogP contribution is -2.31. The number of carbonyl (C=O) groups is 1. The number of aryl methyl sites for hydroxylation is 1. The number of aliphatic imine (C=N–C) groups is 1. The first kappa shape index (κ1) is 27.1.